The average Bonchev–Trinajstić information content (AvgIpc) is 3.16. The molecule has 31 heavy (non-hydrogen) atoms. The number of carbonyl (C=O) groups excluding carboxylic acids is 2. The minimum atomic E-state index is -0.632. The Kier molecular flexibility index (Phi) is 6.03. The van der Waals surface area contributed by atoms with E-state index in [-0.39, 0.29) is 26.4 Å². The van der Waals surface area contributed by atoms with E-state index in [1.54, 1.807) is 30.3 Å². The van der Waals surface area contributed by atoms with Gasteiger partial charge in [-0.05, 0) is 67.2 Å². The predicted octanol–water partition coefficient (Wildman–Crippen LogP) is 6.16. The van der Waals surface area contributed by atoms with Gasteiger partial charge >= 0.3 is 0 Å². The maximum Gasteiger partial charge on any atom is 0.270 e. The Morgan fingerprint density at radius 1 is 1.13 bits per heavy atom. The molecular weight excluding hydrogens is 523 g/mol. The second-order valence-electron chi connectivity index (χ2n) is 6.72. The fourth-order valence-corrected chi connectivity index (χ4v) is 4.42. The van der Waals surface area contributed by atoms with Gasteiger partial charge in [0.15, 0.2) is 5.11 Å². The molecule has 0 spiro atoms. The van der Waals surface area contributed by atoms with Crippen LogP contribution in [0.3, 0.4) is 0 Å². The molecule has 0 radical (unpaired) electrons. The van der Waals surface area contributed by atoms with Gasteiger partial charge in [-0.2, -0.15) is 0 Å². The molecule has 2 aromatic carbocycles. The second kappa shape index (κ2) is 8.59. The van der Waals surface area contributed by atoms with Gasteiger partial charge in [0.2, 0.25) is 0 Å². The number of rotatable bonds is 3. The highest BCUT2D eigenvalue weighted by atomic mass is 79.9. The van der Waals surface area contributed by atoms with Crippen LogP contribution in [0, 0.1) is 6.92 Å². The fourth-order valence-electron chi connectivity index (χ4n) is 3.08. The Morgan fingerprint density at radius 3 is 2.65 bits per heavy atom. The number of furan rings is 1. The Hall–Kier alpha value is -2.45. The molecule has 2 amide bonds. The van der Waals surface area contributed by atoms with Crippen molar-refractivity contribution in [1.82, 2.24) is 5.32 Å². The molecule has 1 aliphatic heterocycles. The predicted molar refractivity (Wildman–Crippen MR) is 129 cm³/mol. The van der Waals surface area contributed by atoms with E-state index in [9.17, 15) is 9.59 Å². The topological polar surface area (TPSA) is 62.6 Å². The number of hydrogen-bond acceptors (Lipinski definition) is 4. The van der Waals surface area contributed by atoms with Crippen molar-refractivity contribution in [3.63, 3.8) is 0 Å². The van der Waals surface area contributed by atoms with Crippen molar-refractivity contribution >= 4 is 80.0 Å². The van der Waals surface area contributed by atoms with Crippen LogP contribution in [0.25, 0.3) is 17.4 Å². The number of nitrogens with one attached hydrogen (secondary N) is 1. The standard InChI is InChI=1S/C22H13BrCl2N2O3S/c1-11-5-7-13(15(23)9-11)18-8-6-12(30-18)10-14-20(28)26-22(31)27(21(14)29)17-4-2-3-16(24)19(17)25/h2-10H,1H3,(H,26,28,31)/b14-10-. The van der Waals surface area contributed by atoms with E-state index in [0.717, 1.165) is 20.5 Å². The van der Waals surface area contributed by atoms with Crippen molar-refractivity contribution in [2.75, 3.05) is 4.90 Å². The van der Waals surface area contributed by atoms with Crippen molar-refractivity contribution in [2.45, 2.75) is 6.92 Å². The first kappa shape index (κ1) is 21.8. The number of anilines is 1. The molecule has 156 valence electrons. The highest BCUT2D eigenvalue weighted by Gasteiger charge is 2.36. The summed E-state index contributed by atoms with van der Waals surface area (Å²) in [4.78, 5) is 26.8. The van der Waals surface area contributed by atoms with Crippen LogP contribution in [0.15, 0.2) is 63.0 Å². The molecule has 1 saturated heterocycles. The molecule has 9 heteroatoms. The number of benzene rings is 2. The maximum atomic E-state index is 13.1. The molecule has 1 aliphatic rings. The molecule has 0 unspecified atom stereocenters. The van der Waals surface area contributed by atoms with E-state index in [1.165, 1.54) is 6.08 Å². The lowest BCUT2D eigenvalue weighted by atomic mass is 10.1. The molecule has 0 aliphatic carbocycles. The van der Waals surface area contributed by atoms with Crippen LogP contribution in [-0.2, 0) is 9.59 Å². The zero-order chi connectivity index (χ0) is 22.3. The van der Waals surface area contributed by atoms with Crippen LogP contribution in [0.1, 0.15) is 11.3 Å². The lowest BCUT2D eigenvalue weighted by molar-refractivity contribution is -0.122. The molecule has 5 nitrogen and oxygen atoms in total. The summed E-state index contributed by atoms with van der Waals surface area (Å²) in [6, 6.07) is 14.1. The molecule has 1 N–H and O–H groups in total. The van der Waals surface area contributed by atoms with Crippen molar-refractivity contribution in [1.29, 1.82) is 0 Å². The van der Waals surface area contributed by atoms with Gasteiger partial charge in [0.25, 0.3) is 11.8 Å². The van der Waals surface area contributed by atoms with Crippen LogP contribution in [0.5, 0.6) is 0 Å². The Balaban J connectivity index is 1.71. The third-order valence-electron chi connectivity index (χ3n) is 4.58. The van der Waals surface area contributed by atoms with Crippen molar-refractivity contribution in [3.8, 4) is 11.3 Å². The highest BCUT2D eigenvalue weighted by Crippen LogP contribution is 2.35. The first-order chi connectivity index (χ1) is 14.8. The zero-order valence-corrected chi connectivity index (χ0v) is 19.8. The third-order valence-corrected chi connectivity index (χ3v) is 6.33. The van der Waals surface area contributed by atoms with Gasteiger partial charge in [-0.1, -0.05) is 51.3 Å². The molecule has 2 heterocycles. The Labute approximate surface area is 201 Å². The summed E-state index contributed by atoms with van der Waals surface area (Å²) in [7, 11) is 0. The molecule has 4 rings (SSSR count). The van der Waals surface area contributed by atoms with Gasteiger partial charge in [0.05, 0.1) is 15.7 Å². The summed E-state index contributed by atoms with van der Waals surface area (Å²) < 4.78 is 6.74. The third kappa shape index (κ3) is 4.19. The first-order valence-corrected chi connectivity index (χ1v) is 10.9. The summed E-state index contributed by atoms with van der Waals surface area (Å²) in [5, 5.41) is 2.84. The number of amides is 2. The number of nitrogens with zero attached hydrogens (tertiary/aromatic N) is 1. The summed E-state index contributed by atoms with van der Waals surface area (Å²) in [6.07, 6.45) is 1.37. The van der Waals surface area contributed by atoms with Gasteiger partial charge in [0, 0.05) is 10.0 Å². The SMILES string of the molecule is Cc1ccc(-c2ccc(/C=C3/C(=O)NC(=S)N(c4cccc(Cl)c4Cl)C3=O)o2)c(Br)c1. The minimum absolute atomic E-state index is 0.0833. The summed E-state index contributed by atoms with van der Waals surface area (Å²) >= 11 is 21.0. The van der Waals surface area contributed by atoms with Crippen molar-refractivity contribution in [2.24, 2.45) is 0 Å². The van der Waals surface area contributed by atoms with Gasteiger partial charge in [0.1, 0.15) is 17.1 Å². The number of hydrogen-bond donors (Lipinski definition) is 1. The summed E-state index contributed by atoms with van der Waals surface area (Å²) in [5.41, 5.74) is 2.08. The lowest BCUT2D eigenvalue weighted by Crippen LogP contribution is -2.54. The molecule has 1 aromatic heterocycles. The number of halogens is 3. The molecular formula is C22H13BrCl2N2O3S. The normalized spacial score (nSPS) is 15.5. The molecule has 0 atom stereocenters. The van der Waals surface area contributed by atoms with Crippen LogP contribution >= 0.6 is 51.3 Å². The van der Waals surface area contributed by atoms with Crippen LogP contribution < -0.4 is 10.2 Å². The van der Waals surface area contributed by atoms with Gasteiger partial charge in [-0.3, -0.25) is 19.8 Å². The maximum absolute atomic E-state index is 13.1. The molecule has 0 saturated carbocycles. The largest absolute Gasteiger partial charge is 0.457 e. The fraction of sp³-hybridized carbons (Fsp3) is 0.0455. The average molecular weight is 536 g/mol. The first-order valence-electron chi connectivity index (χ1n) is 8.98. The van der Waals surface area contributed by atoms with Crippen molar-refractivity contribution in [3.05, 3.63) is 79.9 Å². The van der Waals surface area contributed by atoms with E-state index in [0.29, 0.717) is 11.5 Å². The van der Waals surface area contributed by atoms with Crippen LogP contribution in [0.2, 0.25) is 10.0 Å². The van der Waals surface area contributed by atoms with Crippen LogP contribution in [-0.4, -0.2) is 16.9 Å². The Bertz CT molecular complexity index is 1290. The minimum Gasteiger partial charge on any atom is -0.457 e. The number of carbonyl (C=O) groups is 2. The van der Waals surface area contributed by atoms with Gasteiger partial charge in [-0.15, -0.1) is 0 Å². The van der Waals surface area contributed by atoms with E-state index < -0.39 is 11.8 Å². The number of aryl methyl sites for hydroxylation is 1. The number of thiocarbonyl (C=S) groups is 1. The van der Waals surface area contributed by atoms with Gasteiger partial charge in [-0.25, -0.2) is 0 Å². The van der Waals surface area contributed by atoms with E-state index in [1.807, 2.05) is 25.1 Å². The molecule has 3 aromatic rings. The van der Waals surface area contributed by atoms with Gasteiger partial charge < -0.3 is 4.42 Å². The summed E-state index contributed by atoms with van der Waals surface area (Å²) in [6.45, 7) is 1.99. The molecule has 1 fully saturated rings. The van der Waals surface area contributed by atoms with E-state index in [2.05, 4.69) is 21.2 Å². The zero-order valence-electron chi connectivity index (χ0n) is 15.9. The second-order valence-corrected chi connectivity index (χ2v) is 8.74. The smallest absolute Gasteiger partial charge is 0.270 e. The lowest BCUT2D eigenvalue weighted by Gasteiger charge is -2.29. The van der Waals surface area contributed by atoms with E-state index in [4.69, 9.17) is 39.8 Å². The quantitative estimate of drug-likeness (QED) is 0.248. The monoisotopic (exact) mass is 534 g/mol. The van der Waals surface area contributed by atoms with Crippen LogP contribution in [0.4, 0.5) is 5.69 Å². The van der Waals surface area contributed by atoms with Crippen molar-refractivity contribution < 1.29 is 14.0 Å². The molecule has 0 bridgehead atoms. The Morgan fingerprint density at radius 2 is 1.90 bits per heavy atom. The van der Waals surface area contributed by atoms with E-state index >= 15 is 0 Å². The highest BCUT2D eigenvalue weighted by molar-refractivity contribution is 9.10. The summed E-state index contributed by atoms with van der Waals surface area (Å²) in [5.74, 6) is -0.329.